The molecule has 3 rings (SSSR count). The summed E-state index contributed by atoms with van der Waals surface area (Å²) >= 11 is 0. The number of rotatable bonds is 3. The molecule has 2 N–H and O–H groups in total. The Labute approximate surface area is 118 Å². The highest BCUT2D eigenvalue weighted by Gasteiger charge is 2.13. The molecule has 3 aromatic rings. The molecular formula is C17H17N3. The molecule has 0 saturated heterocycles. The molecule has 3 heteroatoms. The van der Waals surface area contributed by atoms with E-state index >= 15 is 0 Å². The fraction of sp³-hybridized carbons (Fsp3) is 0.118. The van der Waals surface area contributed by atoms with Crippen LogP contribution in [0.2, 0.25) is 0 Å². The SMILES string of the molecule is Cn1ccnc1C(N)c1ccc(-c2ccccc2)cc1. The molecule has 1 heterocycles. The van der Waals surface area contributed by atoms with Gasteiger partial charge in [0.15, 0.2) is 0 Å². The summed E-state index contributed by atoms with van der Waals surface area (Å²) in [6.07, 6.45) is 3.68. The number of nitrogens with zero attached hydrogens (tertiary/aromatic N) is 2. The number of aryl methyl sites for hydroxylation is 1. The van der Waals surface area contributed by atoms with Crippen LogP contribution in [0, 0.1) is 0 Å². The van der Waals surface area contributed by atoms with E-state index in [9.17, 15) is 0 Å². The second-order valence-electron chi connectivity index (χ2n) is 4.86. The van der Waals surface area contributed by atoms with Gasteiger partial charge in [-0.1, -0.05) is 54.6 Å². The molecule has 0 aliphatic carbocycles. The van der Waals surface area contributed by atoms with E-state index in [1.165, 1.54) is 11.1 Å². The van der Waals surface area contributed by atoms with Gasteiger partial charge in [0.05, 0.1) is 6.04 Å². The van der Waals surface area contributed by atoms with E-state index in [1.54, 1.807) is 6.20 Å². The van der Waals surface area contributed by atoms with Gasteiger partial charge in [-0.3, -0.25) is 0 Å². The summed E-state index contributed by atoms with van der Waals surface area (Å²) in [5.41, 5.74) is 9.74. The molecule has 0 aliphatic rings. The molecule has 0 spiro atoms. The topological polar surface area (TPSA) is 43.8 Å². The Bertz CT molecular complexity index is 684. The van der Waals surface area contributed by atoms with Crippen molar-refractivity contribution in [3.8, 4) is 11.1 Å². The van der Waals surface area contributed by atoms with Gasteiger partial charge in [0.1, 0.15) is 5.82 Å². The first kappa shape index (κ1) is 12.6. The van der Waals surface area contributed by atoms with Gasteiger partial charge in [-0.25, -0.2) is 4.98 Å². The Hall–Kier alpha value is -2.39. The van der Waals surface area contributed by atoms with Gasteiger partial charge in [0.25, 0.3) is 0 Å². The van der Waals surface area contributed by atoms with Gasteiger partial charge in [0, 0.05) is 19.4 Å². The van der Waals surface area contributed by atoms with Crippen LogP contribution in [0.1, 0.15) is 17.4 Å². The van der Waals surface area contributed by atoms with Crippen molar-refractivity contribution in [2.24, 2.45) is 12.8 Å². The summed E-state index contributed by atoms with van der Waals surface area (Å²) < 4.78 is 1.95. The monoisotopic (exact) mass is 263 g/mol. The predicted molar refractivity (Wildman–Crippen MR) is 81.1 cm³/mol. The van der Waals surface area contributed by atoms with Crippen molar-refractivity contribution in [2.45, 2.75) is 6.04 Å². The van der Waals surface area contributed by atoms with E-state index in [1.807, 2.05) is 36.0 Å². The Balaban J connectivity index is 1.89. The molecule has 0 bridgehead atoms. The standard InChI is InChI=1S/C17H17N3/c1-20-12-11-19-17(20)16(18)15-9-7-14(8-10-15)13-5-3-2-4-6-13/h2-12,16H,18H2,1H3. The van der Waals surface area contributed by atoms with Crippen molar-refractivity contribution in [1.82, 2.24) is 9.55 Å². The minimum atomic E-state index is -0.195. The first-order valence-corrected chi connectivity index (χ1v) is 6.64. The van der Waals surface area contributed by atoms with Crippen LogP contribution in [0.25, 0.3) is 11.1 Å². The molecule has 20 heavy (non-hydrogen) atoms. The van der Waals surface area contributed by atoms with Crippen LogP contribution < -0.4 is 5.73 Å². The van der Waals surface area contributed by atoms with E-state index < -0.39 is 0 Å². The summed E-state index contributed by atoms with van der Waals surface area (Å²) in [7, 11) is 1.96. The molecular weight excluding hydrogens is 246 g/mol. The molecule has 2 aromatic carbocycles. The molecule has 100 valence electrons. The zero-order valence-electron chi connectivity index (χ0n) is 11.4. The fourth-order valence-electron chi connectivity index (χ4n) is 2.34. The van der Waals surface area contributed by atoms with Crippen molar-refractivity contribution in [3.05, 3.63) is 78.4 Å². The first-order chi connectivity index (χ1) is 9.75. The van der Waals surface area contributed by atoms with E-state index in [-0.39, 0.29) is 6.04 Å². The van der Waals surface area contributed by atoms with Crippen LogP contribution in [0.15, 0.2) is 67.0 Å². The van der Waals surface area contributed by atoms with Crippen molar-refractivity contribution in [1.29, 1.82) is 0 Å². The van der Waals surface area contributed by atoms with Crippen LogP contribution in [-0.2, 0) is 7.05 Å². The third-order valence-electron chi connectivity index (χ3n) is 3.51. The Morgan fingerprint density at radius 3 is 2.20 bits per heavy atom. The van der Waals surface area contributed by atoms with Gasteiger partial charge < -0.3 is 10.3 Å². The van der Waals surface area contributed by atoms with Crippen LogP contribution >= 0.6 is 0 Å². The van der Waals surface area contributed by atoms with Crippen LogP contribution in [0.3, 0.4) is 0 Å². The number of nitrogens with two attached hydrogens (primary N) is 1. The maximum absolute atomic E-state index is 6.27. The van der Waals surface area contributed by atoms with Gasteiger partial charge in [-0.2, -0.15) is 0 Å². The average molecular weight is 263 g/mol. The quantitative estimate of drug-likeness (QED) is 0.789. The highest BCUT2D eigenvalue weighted by Crippen LogP contribution is 2.23. The number of aromatic nitrogens is 2. The average Bonchev–Trinajstić information content (AvgIpc) is 2.94. The second-order valence-corrected chi connectivity index (χ2v) is 4.86. The van der Waals surface area contributed by atoms with E-state index in [0.717, 1.165) is 11.4 Å². The minimum absolute atomic E-state index is 0.195. The van der Waals surface area contributed by atoms with Crippen LogP contribution in [-0.4, -0.2) is 9.55 Å². The molecule has 0 aliphatic heterocycles. The molecule has 0 amide bonds. The summed E-state index contributed by atoms with van der Waals surface area (Å²) in [4.78, 5) is 4.31. The largest absolute Gasteiger partial charge is 0.336 e. The van der Waals surface area contributed by atoms with Crippen molar-refractivity contribution < 1.29 is 0 Å². The maximum atomic E-state index is 6.27. The molecule has 0 radical (unpaired) electrons. The van der Waals surface area contributed by atoms with Crippen LogP contribution in [0.5, 0.6) is 0 Å². The lowest BCUT2D eigenvalue weighted by atomic mass is 10.0. The molecule has 3 nitrogen and oxygen atoms in total. The van der Waals surface area contributed by atoms with Gasteiger partial charge in [0.2, 0.25) is 0 Å². The molecule has 1 unspecified atom stereocenters. The smallest absolute Gasteiger partial charge is 0.129 e. The van der Waals surface area contributed by atoms with Crippen molar-refractivity contribution in [3.63, 3.8) is 0 Å². The third-order valence-corrected chi connectivity index (χ3v) is 3.51. The highest BCUT2D eigenvalue weighted by atomic mass is 15.1. The number of hydrogen-bond donors (Lipinski definition) is 1. The van der Waals surface area contributed by atoms with Crippen molar-refractivity contribution >= 4 is 0 Å². The lowest BCUT2D eigenvalue weighted by Crippen LogP contribution is -2.16. The van der Waals surface area contributed by atoms with Crippen LogP contribution in [0.4, 0.5) is 0 Å². The summed E-state index contributed by atoms with van der Waals surface area (Å²) in [6.45, 7) is 0. The summed E-state index contributed by atoms with van der Waals surface area (Å²) in [6, 6.07) is 18.5. The fourth-order valence-corrected chi connectivity index (χ4v) is 2.34. The highest BCUT2D eigenvalue weighted by molar-refractivity contribution is 5.63. The predicted octanol–water partition coefficient (Wildman–Crippen LogP) is 3.14. The van der Waals surface area contributed by atoms with E-state index in [2.05, 4.69) is 41.4 Å². The number of benzene rings is 2. The zero-order valence-corrected chi connectivity index (χ0v) is 11.4. The lowest BCUT2D eigenvalue weighted by molar-refractivity contribution is 0.717. The van der Waals surface area contributed by atoms with E-state index in [4.69, 9.17) is 5.73 Å². The Morgan fingerprint density at radius 2 is 1.60 bits per heavy atom. The van der Waals surface area contributed by atoms with Gasteiger partial charge in [-0.05, 0) is 16.7 Å². The number of imidazole rings is 1. The molecule has 0 saturated carbocycles. The summed E-state index contributed by atoms with van der Waals surface area (Å²) in [5.74, 6) is 0.873. The Kier molecular flexibility index (Phi) is 3.35. The lowest BCUT2D eigenvalue weighted by Gasteiger charge is -2.12. The minimum Gasteiger partial charge on any atom is -0.336 e. The third kappa shape index (κ3) is 2.36. The van der Waals surface area contributed by atoms with Gasteiger partial charge in [-0.15, -0.1) is 0 Å². The van der Waals surface area contributed by atoms with Gasteiger partial charge >= 0.3 is 0 Å². The molecule has 1 aromatic heterocycles. The Morgan fingerprint density at radius 1 is 0.950 bits per heavy atom. The van der Waals surface area contributed by atoms with E-state index in [0.29, 0.717) is 0 Å². The zero-order chi connectivity index (χ0) is 13.9. The first-order valence-electron chi connectivity index (χ1n) is 6.64. The van der Waals surface area contributed by atoms with Crippen molar-refractivity contribution in [2.75, 3.05) is 0 Å². The molecule has 1 atom stereocenters. The molecule has 0 fully saturated rings. The maximum Gasteiger partial charge on any atom is 0.129 e. The summed E-state index contributed by atoms with van der Waals surface area (Å²) in [5, 5.41) is 0. The normalized spacial score (nSPS) is 12.3. The number of hydrogen-bond acceptors (Lipinski definition) is 2. The second kappa shape index (κ2) is 5.31.